The Morgan fingerprint density at radius 1 is 1.06 bits per heavy atom. The van der Waals surface area contributed by atoms with Crippen LogP contribution in [0.2, 0.25) is 0 Å². The fraction of sp³-hybridized carbons (Fsp3) is 0.240. The first-order valence-corrected chi connectivity index (χ1v) is 12.0. The third-order valence-corrected chi connectivity index (χ3v) is 7.24. The number of carbonyl (C=O) groups excluding carboxylic acids is 1. The van der Waals surface area contributed by atoms with Crippen LogP contribution in [0.5, 0.6) is 0 Å². The predicted octanol–water partition coefficient (Wildman–Crippen LogP) is 3.96. The zero-order chi connectivity index (χ0) is 25.3. The average Bonchev–Trinajstić information content (AvgIpc) is 3.20. The number of para-hydroxylation sites is 1. The average molecular weight is 493 g/mol. The van der Waals surface area contributed by atoms with Gasteiger partial charge in [-0.2, -0.15) is 0 Å². The summed E-state index contributed by atoms with van der Waals surface area (Å²) in [5.74, 6) is -0.200. The Balaban J connectivity index is 2.03. The highest BCUT2D eigenvalue weighted by atomic mass is 32.1. The molecule has 0 saturated heterocycles. The van der Waals surface area contributed by atoms with Crippen LogP contribution < -0.4 is 11.2 Å². The van der Waals surface area contributed by atoms with Crippen LogP contribution >= 0.6 is 11.3 Å². The van der Waals surface area contributed by atoms with Crippen LogP contribution in [-0.2, 0) is 6.54 Å². The van der Waals surface area contributed by atoms with Crippen molar-refractivity contribution in [2.24, 2.45) is 0 Å². The van der Waals surface area contributed by atoms with Gasteiger partial charge in [0.05, 0.1) is 27.4 Å². The van der Waals surface area contributed by atoms with Crippen molar-refractivity contribution in [3.8, 4) is 5.69 Å². The third kappa shape index (κ3) is 4.28. The van der Waals surface area contributed by atoms with Crippen molar-refractivity contribution in [2.45, 2.75) is 27.3 Å². The number of hydrogen-bond acceptors (Lipinski definition) is 6. The van der Waals surface area contributed by atoms with E-state index in [4.69, 9.17) is 0 Å². The van der Waals surface area contributed by atoms with Gasteiger partial charge in [-0.05, 0) is 44.0 Å². The number of carbonyl (C=O) groups is 1. The molecule has 2 aromatic heterocycles. The second kappa shape index (κ2) is 9.67. The van der Waals surface area contributed by atoms with Crippen LogP contribution in [0, 0.1) is 17.0 Å². The largest absolute Gasteiger partial charge is 0.338 e. The Labute approximate surface area is 204 Å². The summed E-state index contributed by atoms with van der Waals surface area (Å²) in [4.78, 5) is 53.7. The normalized spacial score (nSPS) is 11.1. The lowest BCUT2D eigenvalue weighted by atomic mass is 10.1. The van der Waals surface area contributed by atoms with Crippen LogP contribution in [0.3, 0.4) is 0 Å². The number of nitro benzene ring substituents is 1. The van der Waals surface area contributed by atoms with Crippen molar-refractivity contribution >= 4 is 33.1 Å². The summed E-state index contributed by atoms with van der Waals surface area (Å²) in [5, 5.41) is 11.6. The van der Waals surface area contributed by atoms with Crippen molar-refractivity contribution < 1.29 is 9.72 Å². The molecular formula is C25H24N4O5S. The van der Waals surface area contributed by atoms with E-state index in [9.17, 15) is 24.5 Å². The molecule has 0 radical (unpaired) electrons. The molecule has 2 heterocycles. The summed E-state index contributed by atoms with van der Waals surface area (Å²) < 4.78 is 2.50. The van der Waals surface area contributed by atoms with E-state index in [0.717, 1.165) is 15.9 Å². The second-order valence-electron chi connectivity index (χ2n) is 7.99. The molecule has 0 spiro atoms. The number of thiophene rings is 1. The zero-order valence-corrected chi connectivity index (χ0v) is 20.4. The smallest absolute Gasteiger partial charge is 0.337 e. The van der Waals surface area contributed by atoms with Gasteiger partial charge in [0.25, 0.3) is 17.2 Å². The Hall–Kier alpha value is -4.05. The molecule has 35 heavy (non-hydrogen) atoms. The molecule has 0 N–H and O–H groups in total. The van der Waals surface area contributed by atoms with Gasteiger partial charge in [0.15, 0.2) is 0 Å². The van der Waals surface area contributed by atoms with Crippen molar-refractivity contribution in [3.63, 3.8) is 0 Å². The number of hydrogen-bond donors (Lipinski definition) is 0. The SMILES string of the molecule is CCN(CC)C(=O)c1sc2c(c1C)c(=O)n(-c1ccccc1)c(=O)n2Cc1cccc([N+](=O)[O-])c1. The number of non-ortho nitro benzene ring substituents is 1. The Kier molecular flexibility index (Phi) is 6.65. The molecule has 4 aromatic rings. The number of aromatic nitrogens is 2. The van der Waals surface area contributed by atoms with E-state index >= 15 is 0 Å². The van der Waals surface area contributed by atoms with Gasteiger partial charge in [-0.15, -0.1) is 11.3 Å². The zero-order valence-electron chi connectivity index (χ0n) is 19.6. The Bertz CT molecular complexity index is 1550. The highest BCUT2D eigenvalue weighted by Gasteiger charge is 2.25. The van der Waals surface area contributed by atoms with Gasteiger partial charge < -0.3 is 4.90 Å². The summed E-state index contributed by atoms with van der Waals surface area (Å²) >= 11 is 1.10. The van der Waals surface area contributed by atoms with E-state index in [0.29, 0.717) is 45.0 Å². The monoisotopic (exact) mass is 492 g/mol. The minimum absolute atomic E-state index is 0.00296. The molecule has 180 valence electrons. The summed E-state index contributed by atoms with van der Waals surface area (Å²) in [5.41, 5.74) is 0.275. The molecule has 0 fully saturated rings. The minimum Gasteiger partial charge on any atom is -0.338 e. The van der Waals surface area contributed by atoms with Crippen molar-refractivity contribution in [2.75, 3.05) is 13.1 Å². The lowest BCUT2D eigenvalue weighted by molar-refractivity contribution is -0.384. The number of rotatable bonds is 7. The molecule has 10 heteroatoms. The first kappa shape index (κ1) is 24.1. The number of nitrogens with zero attached hydrogens (tertiary/aromatic N) is 4. The summed E-state index contributed by atoms with van der Waals surface area (Å²) in [6, 6.07) is 14.6. The van der Waals surface area contributed by atoms with Gasteiger partial charge in [0.1, 0.15) is 4.83 Å². The molecule has 2 aromatic carbocycles. The Morgan fingerprint density at radius 2 is 1.74 bits per heavy atom. The van der Waals surface area contributed by atoms with Crippen molar-refractivity contribution in [3.05, 3.63) is 102 Å². The lowest BCUT2D eigenvalue weighted by Gasteiger charge is -2.17. The predicted molar refractivity (Wildman–Crippen MR) is 136 cm³/mol. The maximum atomic E-state index is 13.7. The first-order chi connectivity index (χ1) is 16.8. The quantitative estimate of drug-likeness (QED) is 0.287. The van der Waals surface area contributed by atoms with Gasteiger partial charge in [0, 0.05) is 25.2 Å². The number of nitro groups is 1. The fourth-order valence-corrected chi connectivity index (χ4v) is 5.36. The number of benzene rings is 2. The van der Waals surface area contributed by atoms with Crippen LogP contribution in [-0.4, -0.2) is 38.0 Å². The molecule has 0 aliphatic carbocycles. The maximum Gasteiger partial charge on any atom is 0.337 e. The first-order valence-electron chi connectivity index (χ1n) is 11.1. The van der Waals surface area contributed by atoms with Gasteiger partial charge in [0.2, 0.25) is 0 Å². The van der Waals surface area contributed by atoms with E-state index in [2.05, 4.69) is 0 Å². The molecule has 0 aliphatic rings. The van der Waals surface area contributed by atoms with Crippen LogP contribution in [0.15, 0.2) is 64.2 Å². The molecule has 0 atom stereocenters. The van der Waals surface area contributed by atoms with E-state index < -0.39 is 16.2 Å². The van der Waals surface area contributed by atoms with Crippen molar-refractivity contribution in [1.82, 2.24) is 14.0 Å². The topological polar surface area (TPSA) is 107 Å². The molecule has 0 saturated carbocycles. The molecule has 0 aliphatic heterocycles. The Morgan fingerprint density at radius 3 is 2.37 bits per heavy atom. The number of fused-ring (bicyclic) bond motifs is 1. The molecule has 9 nitrogen and oxygen atoms in total. The summed E-state index contributed by atoms with van der Waals surface area (Å²) in [6.45, 7) is 6.50. The molecule has 4 rings (SSSR count). The molecule has 0 bridgehead atoms. The van der Waals surface area contributed by atoms with Crippen LogP contribution in [0.4, 0.5) is 5.69 Å². The van der Waals surface area contributed by atoms with Gasteiger partial charge in [-0.3, -0.25) is 24.3 Å². The molecule has 0 unspecified atom stereocenters. The lowest BCUT2D eigenvalue weighted by Crippen LogP contribution is -2.38. The van der Waals surface area contributed by atoms with Crippen LogP contribution in [0.1, 0.15) is 34.6 Å². The summed E-state index contributed by atoms with van der Waals surface area (Å²) in [6.07, 6.45) is 0. The molecule has 1 amide bonds. The van der Waals surface area contributed by atoms with E-state index in [1.54, 1.807) is 54.3 Å². The third-order valence-electron chi connectivity index (χ3n) is 5.93. The highest BCUT2D eigenvalue weighted by Crippen LogP contribution is 2.30. The van der Waals surface area contributed by atoms with E-state index in [1.807, 2.05) is 13.8 Å². The van der Waals surface area contributed by atoms with Crippen molar-refractivity contribution in [1.29, 1.82) is 0 Å². The van der Waals surface area contributed by atoms with Gasteiger partial charge in [-0.25, -0.2) is 9.36 Å². The number of amides is 1. The standard InChI is InChI=1S/C25H24N4O5S/c1-4-26(5-2)23(31)21-16(3)20-22(30)28(18-11-7-6-8-12-18)25(32)27(24(20)35-21)15-17-10-9-13-19(14-17)29(33)34/h6-14H,4-5,15H2,1-3H3. The van der Waals surface area contributed by atoms with E-state index in [1.165, 1.54) is 16.7 Å². The van der Waals surface area contributed by atoms with Gasteiger partial charge >= 0.3 is 5.69 Å². The summed E-state index contributed by atoms with van der Waals surface area (Å²) in [7, 11) is 0. The second-order valence-corrected chi connectivity index (χ2v) is 8.98. The highest BCUT2D eigenvalue weighted by molar-refractivity contribution is 7.20. The molecular weight excluding hydrogens is 468 g/mol. The minimum atomic E-state index is -0.580. The maximum absolute atomic E-state index is 13.7. The van der Waals surface area contributed by atoms with E-state index in [-0.39, 0.29) is 18.1 Å². The fourth-order valence-electron chi connectivity index (χ4n) is 4.10. The van der Waals surface area contributed by atoms with Gasteiger partial charge in [-0.1, -0.05) is 30.3 Å². The van der Waals surface area contributed by atoms with Crippen LogP contribution in [0.25, 0.3) is 15.9 Å². The number of aryl methyl sites for hydroxylation is 1.